The van der Waals surface area contributed by atoms with E-state index in [1.165, 1.54) is 16.8 Å². The van der Waals surface area contributed by atoms with E-state index < -0.39 is 0 Å². The minimum Gasteiger partial charge on any atom is -0.484 e. The lowest BCUT2D eigenvalue weighted by atomic mass is 9.86. The fraction of sp³-hybridized carbons (Fsp3) is 0.229. The van der Waals surface area contributed by atoms with Gasteiger partial charge in [0.05, 0.1) is 23.3 Å². The van der Waals surface area contributed by atoms with E-state index in [9.17, 15) is 4.79 Å². The number of pyridine rings is 1. The molecule has 4 aromatic rings. The standard InChI is InChI=1S/C35H35N5O2S/c1-23-21-35(2,3)39(4)30-18-13-24(20-28(23)30)33-32(29-12-8-9-19-36-29)38-34(43)40(33)26-16-14-25(15-17-26)37-31(41)22-42-27-10-6-5-7-11-27/h5-21,32-33H,22H2,1-4H3,(H,37,41)(H,38,43)/t32-,33-/m0/s1. The number of amides is 1. The molecule has 7 nitrogen and oxygen atoms in total. The third-order valence-electron chi connectivity index (χ3n) is 8.22. The summed E-state index contributed by atoms with van der Waals surface area (Å²) in [5.41, 5.74) is 7.27. The van der Waals surface area contributed by atoms with Crippen molar-refractivity contribution in [2.24, 2.45) is 0 Å². The number of aromatic nitrogens is 1. The van der Waals surface area contributed by atoms with Gasteiger partial charge in [-0.2, -0.15) is 0 Å². The Balaban J connectivity index is 1.29. The van der Waals surface area contributed by atoms with Gasteiger partial charge >= 0.3 is 0 Å². The molecule has 218 valence electrons. The maximum atomic E-state index is 12.5. The van der Waals surface area contributed by atoms with Gasteiger partial charge in [0.2, 0.25) is 0 Å². The van der Waals surface area contributed by atoms with Crippen LogP contribution in [0, 0.1) is 0 Å². The molecule has 0 radical (unpaired) electrons. The number of fused-ring (bicyclic) bond motifs is 1. The maximum absolute atomic E-state index is 12.5. The summed E-state index contributed by atoms with van der Waals surface area (Å²) < 4.78 is 5.58. The summed E-state index contributed by atoms with van der Waals surface area (Å²) in [6.45, 7) is 6.57. The molecule has 2 aliphatic rings. The Bertz CT molecular complexity index is 1670. The third kappa shape index (κ3) is 5.70. The number of para-hydroxylation sites is 1. The van der Waals surface area contributed by atoms with Gasteiger partial charge in [0.1, 0.15) is 5.75 Å². The molecule has 1 saturated heterocycles. The second-order valence-electron chi connectivity index (χ2n) is 11.5. The van der Waals surface area contributed by atoms with Crippen molar-refractivity contribution >= 4 is 45.9 Å². The van der Waals surface area contributed by atoms with Crippen LogP contribution >= 0.6 is 12.2 Å². The number of allylic oxidation sites excluding steroid dienone is 1. The first-order chi connectivity index (χ1) is 20.7. The molecule has 6 rings (SSSR count). The number of hydrogen-bond acceptors (Lipinski definition) is 5. The number of carbonyl (C=O) groups is 1. The van der Waals surface area contributed by atoms with Crippen molar-refractivity contribution in [2.45, 2.75) is 38.4 Å². The van der Waals surface area contributed by atoms with Crippen molar-refractivity contribution in [3.63, 3.8) is 0 Å². The van der Waals surface area contributed by atoms with Crippen LogP contribution in [-0.2, 0) is 4.79 Å². The number of likely N-dealkylation sites (N-methyl/N-ethyl adjacent to an activating group) is 1. The van der Waals surface area contributed by atoms with E-state index >= 15 is 0 Å². The largest absolute Gasteiger partial charge is 0.484 e. The SMILES string of the molecule is CC1=CC(C)(C)N(C)c2ccc([C@H]3[C@H](c4ccccn4)NC(=S)N3c3ccc(NC(=O)COc4ccccc4)cc3)cc21. The van der Waals surface area contributed by atoms with E-state index in [-0.39, 0.29) is 30.1 Å². The smallest absolute Gasteiger partial charge is 0.262 e. The van der Waals surface area contributed by atoms with Gasteiger partial charge in [-0.1, -0.05) is 36.4 Å². The van der Waals surface area contributed by atoms with Gasteiger partial charge in [0, 0.05) is 35.9 Å². The number of anilines is 3. The van der Waals surface area contributed by atoms with Crippen LogP contribution in [0.25, 0.3) is 5.57 Å². The molecule has 8 heteroatoms. The molecular weight excluding hydrogens is 554 g/mol. The molecule has 43 heavy (non-hydrogen) atoms. The molecule has 0 bridgehead atoms. The maximum Gasteiger partial charge on any atom is 0.262 e. The van der Waals surface area contributed by atoms with Crippen LogP contribution in [0.15, 0.2) is 103 Å². The molecule has 2 aliphatic heterocycles. The van der Waals surface area contributed by atoms with Crippen LogP contribution in [-0.4, -0.2) is 35.2 Å². The molecule has 1 amide bonds. The average molecular weight is 590 g/mol. The summed E-state index contributed by atoms with van der Waals surface area (Å²) in [5, 5.41) is 7.08. The molecule has 0 saturated carbocycles. The molecular formula is C35H35N5O2S. The molecule has 3 aromatic carbocycles. The lowest BCUT2D eigenvalue weighted by Gasteiger charge is -2.41. The molecule has 1 fully saturated rings. The summed E-state index contributed by atoms with van der Waals surface area (Å²) >= 11 is 5.93. The Kier molecular flexibility index (Phi) is 7.62. The number of rotatable bonds is 7. The average Bonchev–Trinajstić information content (AvgIpc) is 3.36. The van der Waals surface area contributed by atoms with Gasteiger partial charge in [-0.05, 0) is 105 Å². The van der Waals surface area contributed by atoms with Crippen LogP contribution in [0.4, 0.5) is 17.1 Å². The zero-order valence-corrected chi connectivity index (χ0v) is 25.6. The number of thiocarbonyl (C=S) groups is 1. The second kappa shape index (κ2) is 11.5. The number of nitrogens with zero attached hydrogens (tertiary/aromatic N) is 3. The molecule has 1 aromatic heterocycles. The molecule has 2 atom stereocenters. The highest BCUT2D eigenvalue weighted by Crippen LogP contribution is 2.45. The highest BCUT2D eigenvalue weighted by atomic mass is 32.1. The number of benzene rings is 3. The Morgan fingerprint density at radius 3 is 2.49 bits per heavy atom. The summed E-state index contributed by atoms with van der Waals surface area (Å²) in [6.07, 6.45) is 4.14. The number of nitrogens with one attached hydrogen (secondary N) is 2. The lowest BCUT2D eigenvalue weighted by Crippen LogP contribution is -2.42. The highest BCUT2D eigenvalue weighted by molar-refractivity contribution is 7.80. The monoisotopic (exact) mass is 589 g/mol. The predicted octanol–water partition coefficient (Wildman–Crippen LogP) is 6.91. The minimum absolute atomic E-state index is 0.0670. The van der Waals surface area contributed by atoms with Gasteiger partial charge in [-0.25, -0.2) is 0 Å². The van der Waals surface area contributed by atoms with E-state index in [1.807, 2.05) is 79.0 Å². The fourth-order valence-corrected chi connectivity index (χ4v) is 6.25. The first kappa shape index (κ1) is 28.4. The van der Waals surface area contributed by atoms with Crippen molar-refractivity contribution in [1.29, 1.82) is 0 Å². The first-order valence-electron chi connectivity index (χ1n) is 14.4. The number of ether oxygens (including phenoxy) is 1. The Labute approximate surface area is 258 Å². The van der Waals surface area contributed by atoms with Crippen LogP contribution in [0.3, 0.4) is 0 Å². The van der Waals surface area contributed by atoms with Crippen molar-refractivity contribution in [3.05, 3.63) is 120 Å². The van der Waals surface area contributed by atoms with Gasteiger partial charge in [-0.15, -0.1) is 0 Å². The van der Waals surface area contributed by atoms with E-state index in [4.69, 9.17) is 21.9 Å². The topological polar surface area (TPSA) is 69.7 Å². The molecule has 0 aliphatic carbocycles. The predicted molar refractivity (Wildman–Crippen MR) is 178 cm³/mol. The fourth-order valence-electron chi connectivity index (χ4n) is 5.90. The van der Waals surface area contributed by atoms with Crippen molar-refractivity contribution in [1.82, 2.24) is 10.3 Å². The zero-order chi connectivity index (χ0) is 30.1. The van der Waals surface area contributed by atoms with E-state index in [0.29, 0.717) is 16.5 Å². The van der Waals surface area contributed by atoms with Crippen LogP contribution in [0.2, 0.25) is 0 Å². The van der Waals surface area contributed by atoms with Crippen molar-refractivity contribution in [3.8, 4) is 5.75 Å². The number of hydrogen-bond donors (Lipinski definition) is 2. The summed E-state index contributed by atoms with van der Waals surface area (Å²) in [7, 11) is 2.14. The van der Waals surface area contributed by atoms with Crippen LogP contribution in [0.1, 0.15) is 49.7 Å². The van der Waals surface area contributed by atoms with Crippen molar-refractivity contribution < 1.29 is 9.53 Å². The van der Waals surface area contributed by atoms with E-state index in [0.717, 1.165) is 16.9 Å². The summed E-state index contributed by atoms with van der Waals surface area (Å²) in [4.78, 5) is 21.7. The molecule has 3 heterocycles. The normalized spacial score (nSPS) is 18.9. The Morgan fingerprint density at radius 1 is 1.02 bits per heavy atom. The Hall–Kier alpha value is -4.69. The summed E-state index contributed by atoms with van der Waals surface area (Å²) in [5.74, 6) is 0.424. The van der Waals surface area contributed by atoms with Gasteiger partial charge < -0.3 is 25.2 Å². The van der Waals surface area contributed by atoms with E-state index in [2.05, 4.69) is 72.5 Å². The lowest BCUT2D eigenvalue weighted by molar-refractivity contribution is -0.118. The van der Waals surface area contributed by atoms with Gasteiger partial charge in [0.25, 0.3) is 5.91 Å². The van der Waals surface area contributed by atoms with Crippen LogP contribution in [0.5, 0.6) is 5.75 Å². The number of carbonyl (C=O) groups excluding carboxylic acids is 1. The third-order valence-corrected chi connectivity index (χ3v) is 8.54. The molecule has 0 spiro atoms. The second-order valence-corrected chi connectivity index (χ2v) is 11.9. The van der Waals surface area contributed by atoms with Crippen molar-refractivity contribution in [2.75, 3.05) is 28.8 Å². The van der Waals surface area contributed by atoms with Crippen LogP contribution < -0.4 is 25.2 Å². The zero-order valence-electron chi connectivity index (χ0n) is 24.7. The van der Waals surface area contributed by atoms with Gasteiger partial charge in [0.15, 0.2) is 11.7 Å². The quantitative estimate of drug-likeness (QED) is 0.227. The minimum atomic E-state index is -0.228. The molecule has 2 N–H and O–H groups in total. The first-order valence-corrected chi connectivity index (χ1v) is 14.8. The van der Waals surface area contributed by atoms with Gasteiger partial charge in [-0.3, -0.25) is 9.78 Å². The Morgan fingerprint density at radius 2 is 1.77 bits per heavy atom. The summed E-state index contributed by atoms with van der Waals surface area (Å²) in [6, 6.07) is 29.4. The molecule has 0 unspecified atom stereocenters. The highest BCUT2D eigenvalue weighted by Gasteiger charge is 2.41. The van der Waals surface area contributed by atoms with E-state index in [1.54, 1.807) is 0 Å².